The molecule has 1 fully saturated rings. The molecule has 1 saturated carbocycles. The molecule has 1 aliphatic carbocycles. The Morgan fingerprint density at radius 3 is 2.44 bits per heavy atom. The topological polar surface area (TPSA) is 40.5 Å². The summed E-state index contributed by atoms with van der Waals surface area (Å²) >= 11 is 0. The average Bonchev–Trinajstić information content (AvgIpc) is 2.38. The van der Waals surface area contributed by atoms with Crippen LogP contribution in [-0.2, 0) is 0 Å². The van der Waals surface area contributed by atoms with Gasteiger partial charge in [0.25, 0.3) is 5.91 Å². The standard InChI is InChI=1S/C15H21NO2/c1-11-7-9-12(10-8-11)15(18)16(2)13-5-3-4-6-14(13)17/h7-10,13-14,17H,3-6H2,1-2H3/t13-,14-/m0/s1. The Kier molecular flexibility index (Phi) is 4.02. The maximum atomic E-state index is 12.3. The van der Waals surface area contributed by atoms with Gasteiger partial charge in [-0.25, -0.2) is 0 Å². The van der Waals surface area contributed by atoms with Crippen molar-refractivity contribution in [3.05, 3.63) is 35.4 Å². The van der Waals surface area contributed by atoms with Crippen LogP contribution in [0.2, 0.25) is 0 Å². The third kappa shape index (κ3) is 2.72. The van der Waals surface area contributed by atoms with Crippen molar-refractivity contribution in [2.45, 2.75) is 44.8 Å². The number of likely N-dealkylation sites (N-methyl/N-ethyl adjacent to an activating group) is 1. The molecule has 3 nitrogen and oxygen atoms in total. The molecule has 1 amide bonds. The number of aryl methyl sites for hydroxylation is 1. The van der Waals surface area contributed by atoms with Crippen LogP contribution in [0, 0.1) is 6.92 Å². The van der Waals surface area contributed by atoms with Crippen molar-refractivity contribution >= 4 is 5.91 Å². The number of benzene rings is 1. The van der Waals surface area contributed by atoms with Crippen LogP contribution in [0.25, 0.3) is 0 Å². The molecule has 98 valence electrons. The summed E-state index contributed by atoms with van der Waals surface area (Å²) in [5, 5.41) is 9.99. The first-order chi connectivity index (χ1) is 8.59. The first-order valence-electron chi connectivity index (χ1n) is 6.61. The third-order valence-corrected chi connectivity index (χ3v) is 3.81. The van der Waals surface area contributed by atoms with Crippen LogP contribution in [0.15, 0.2) is 24.3 Å². The lowest BCUT2D eigenvalue weighted by atomic mass is 9.91. The van der Waals surface area contributed by atoms with Crippen molar-refractivity contribution in [3.63, 3.8) is 0 Å². The molecular formula is C15H21NO2. The van der Waals surface area contributed by atoms with Gasteiger partial charge < -0.3 is 10.0 Å². The molecule has 1 N–H and O–H groups in total. The molecule has 0 bridgehead atoms. The lowest BCUT2D eigenvalue weighted by Gasteiger charge is -2.35. The van der Waals surface area contributed by atoms with E-state index in [0.29, 0.717) is 5.56 Å². The molecule has 2 rings (SSSR count). The van der Waals surface area contributed by atoms with Crippen LogP contribution < -0.4 is 0 Å². The minimum atomic E-state index is -0.377. The molecule has 0 heterocycles. The maximum Gasteiger partial charge on any atom is 0.253 e. The number of hydrogen-bond acceptors (Lipinski definition) is 2. The monoisotopic (exact) mass is 247 g/mol. The van der Waals surface area contributed by atoms with E-state index >= 15 is 0 Å². The van der Waals surface area contributed by atoms with Crippen LogP contribution in [0.5, 0.6) is 0 Å². The number of aliphatic hydroxyl groups is 1. The Balaban J connectivity index is 2.10. The van der Waals surface area contributed by atoms with Gasteiger partial charge in [0, 0.05) is 12.6 Å². The predicted molar refractivity (Wildman–Crippen MR) is 71.5 cm³/mol. The summed E-state index contributed by atoms with van der Waals surface area (Å²) < 4.78 is 0. The highest BCUT2D eigenvalue weighted by atomic mass is 16.3. The number of rotatable bonds is 2. The molecule has 0 radical (unpaired) electrons. The van der Waals surface area contributed by atoms with E-state index in [1.807, 2.05) is 31.2 Å². The summed E-state index contributed by atoms with van der Waals surface area (Å²) in [6.07, 6.45) is 3.47. The molecule has 0 unspecified atom stereocenters. The van der Waals surface area contributed by atoms with Gasteiger partial charge in [0.15, 0.2) is 0 Å². The summed E-state index contributed by atoms with van der Waals surface area (Å²) in [4.78, 5) is 14.0. The fraction of sp³-hybridized carbons (Fsp3) is 0.533. The first kappa shape index (κ1) is 13.1. The number of hydrogen-bond donors (Lipinski definition) is 1. The highest BCUT2D eigenvalue weighted by Gasteiger charge is 2.29. The zero-order valence-electron chi connectivity index (χ0n) is 11.1. The highest BCUT2D eigenvalue weighted by molar-refractivity contribution is 5.94. The quantitative estimate of drug-likeness (QED) is 0.871. The molecule has 1 aromatic carbocycles. The Morgan fingerprint density at radius 2 is 1.83 bits per heavy atom. The van der Waals surface area contributed by atoms with Crippen molar-refractivity contribution in [3.8, 4) is 0 Å². The summed E-state index contributed by atoms with van der Waals surface area (Å²) in [6, 6.07) is 7.55. The van der Waals surface area contributed by atoms with E-state index in [9.17, 15) is 9.90 Å². The van der Waals surface area contributed by atoms with Crippen molar-refractivity contribution in [2.24, 2.45) is 0 Å². The lowest BCUT2D eigenvalue weighted by molar-refractivity contribution is 0.0268. The van der Waals surface area contributed by atoms with Crippen LogP contribution >= 0.6 is 0 Å². The van der Waals surface area contributed by atoms with E-state index < -0.39 is 0 Å². The Hall–Kier alpha value is -1.35. The van der Waals surface area contributed by atoms with Gasteiger partial charge in [-0.1, -0.05) is 30.5 Å². The Bertz CT molecular complexity index is 413. The predicted octanol–water partition coefficient (Wildman–Crippen LogP) is 2.37. The van der Waals surface area contributed by atoms with Crippen LogP contribution in [0.3, 0.4) is 0 Å². The SMILES string of the molecule is Cc1ccc(C(=O)N(C)[C@H]2CCCC[C@@H]2O)cc1. The normalized spacial score (nSPS) is 23.7. The van der Waals surface area contributed by atoms with Crippen molar-refractivity contribution in [2.75, 3.05) is 7.05 Å². The minimum Gasteiger partial charge on any atom is -0.391 e. The molecule has 0 spiro atoms. The molecule has 18 heavy (non-hydrogen) atoms. The van der Waals surface area contributed by atoms with Crippen molar-refractivity contribution < 1.29 is 9.90 Å². The van der Waals surface area contributed by atoms with Crippen LogP contribution in [0.4, 0.5) is 0 Å². The van der Waals surface area contributed by atoms with Crippen molar-refractivity contribution in [1.29, 1.82) is 0 Å². The summed E-state index contributed by atoms with van der Waals surface area (Å²) in [5.41, 5.74) is 1.84. The molecule has 0 saturated heterocycles. The van der Waals surface area contributed by atoms with Gasteiger partial charge in [-0.3, -0.25) is 4.79 Å². The second-order valence-electron chi connectivity index (χ2n) is 5.20. The number of carbonyl (C=O) groups is 1. The number of amides is 1. The molecule has 1 aromatic rings. The van der Waals surface area contributed by atoms with Gasteiger partial charge in [0.05, 0.1) is 12.1 Å². The largest absolute Gasteiger partial charge is 0.391 e. The summed E-state index contributed by atoms with van der Waals surface area (Å²) in [6.45, 7) is 2.00. The molecule has 1 aliphatic rings. The number of aliphatic hydroxyl groups excluding tert-OH is 1. The summed E-state index contributed by atoms with van der Waals surface area (Å²) in [5.74, 6) is 0.000880. The van der Waals surface area contributed by atoms with E-state index in [1.165, 1.54) is 0 Å². The van der Waals surface area contributed by atoms with E-state index in [-0.39, 0.29) is 18.1 Å². The van der Waals surface area contributed by atoms with Gasteiger partial charge in [-0.05, 0) is 31.9 Å². The van der Waals surface area contributed by atoms with Crippen LogP contribution in [0.1, 0.15) is 41.6 Å². The third-order valence-electron chi connectivity index (χ3n) is 3.81. The van der Waals surface area contributed by atoms with Crippen molar-refractivity contribution in [1.82, 2.24) is 4.90 Å². The van der Waals surface area contributed by atoms with Gasteiger partial charge in [-0.2, -0.15) is 0 Å². The van der Waals surface area contributed by atoms with Gasteiger partial charge in [-0.15, -0.1) is 0 Å². The van der Waals surface area contributed by atoms with E-state index in [1.54, 1.807) is 11.9 Å². The number of nitrogens with zero attached hydrogens (tertiary/aromatic N) is 1. The Morgan fingerprint density at radius 1 is 1.22 bits per heavy atom. The molecule has 0 aromatic heterocycles. The minimum absolute atomic E-state index is 0.000880. The Labute approximate surface area is 108 Å². The number of carbonyl (C=O) groups excluding carboxylic acids is 1. The molecular weight excluding hydrogens is 226 g/mol. The average molecular weight is 247 g/mol. The maximum absolute atomic E-state index is 12.3. The highest BCUT2D eigenvalue weighted by Crippen LogP contribution is 2.23. The molecule has 0 aliphatic heterocycles. The van der Waals surface area contributed by atoms with Gasteiger partial charge in [0.1, 0.15) is 0 Å². The lowest BCUT2D eigenvalue weighted by Crippen LogP contribution is -2.46. The summed E-state index contributed by atoms with van der Waals surface area (Å²) in [7, 11) is 1.79. The van der Waals surface area contributed by atoms with Gasteiger partial charge >= 0.3 is 0 Å². The fourth-order valence-corrected chi connectivity index (χ4v) is 2.59. The van der Waals surface area contributed by atoms with E-state index in [0.717, 1.165) is 31.2 Å². The van der Waals surface area contributed by atoms with Crippen LogP contribution in [-0.4, -0.2) is 35.1 Å². The molecule has 2 atom stereocenters. The smallest absolute Gasteiger partial charge is 0.253 e. The second-order valence-corrected chi connectivity index (χ2v) is 5.20. The second kappa shape index (κ2) is 5.53. The first-order valence-corrected chi connectivity index (χ1v) is 6.61. The molecule has 3 heteroatoms. The fourth-order valence-electron chi connectivity index (χ4n) is 2.59. The van der Waals surface area contributed by atoms with E-state index in [4.69, 9.17) is 0 Å². The zero-order chi connectivity index (χ0) is 13.1. The zero-order valence-corrected chi connectivity index (χ0v) is 11.1. The van der Waals surface area contributed by atoms with Gasteiger partial charge in [0.2, 0.25) is 0 Å². The van der Waals surface area contributed by atoms with E-state index in [2.05, 4.69) is 0 Å².